The van der Waals surface area contributed by atoms with Gasteiger partial charge in [0.2, 0.25) is 5.91 Å². The number of halogens is 1. The quantitative estimate of drug-likeness (QED) is 0.797. The number of likely N-dealkylation sites (tertiary alicyclic amines) is 1. The van der Waals surface area contributed by atoms with Gasteiger partial charge in [0.25, 0.3) is 0 Å². The topological polar surface area (TPSA) is 23.6 Å². The predicted octanol–water partition coefficient (Wildman–Crippen LogP) is 2.29. The number of hydrogen-bond donors (Lipinski definition) is 0. The zero-order valence-corrected chi connectivity index (χ0v) is 12.4. The van der Waals surface area contributed by atoms with E-state index in [1.165, 1.54) is 5.56 Å². The van der Waals surface area contributed by atoms with Gasteiger partial charge in [0.05, 0.1) is 6.04 Å². The largest absolute Gasteiger partial charge is 0.340 e. The Bertz CT molecular complexity index is 408. The lowest BCUT2D eigenvalue weighted by atomic mass is 10.1. The van der Waals surface area contributed by atoms with E-state index >= 15 is 0 Å². The van der Waals surface area contributed by atoms with Gasteiger partial charge >= 0.3 is 0 Å². The summed E-state index contributed by atoms with van der Waals surface area (Å²) in [7, 11) is 4.12. The first-order valence-electron chi connectivity index (χ1n) is 6.21. The molecule has 0 spiro atoms. The van der Waals surface area contributed by atoms with Crippen molar-refractivity contribution < 1.29 is 4.79 Å². The van der Waals surface area contributed by atoms with Crippen LogP contribution in [-0.2, 0) is 4.79 Å². The van der Waals surface area contributed by atoms with E-state index in [0.29, 0.717) is 11.2 Å². The molecule has 0 aliphatic carbocycles. The van der Waals surface area contributed by atoms with Crippen molar-refractivity contribution in [1.29, 1.82) is 0 Å². The molecule has 2 atom stereocenters. The van der Waals surface area contributed by atoms with Gasteiger partial charge in [-0.15, -0.1) is 0 Å². The fraction of sp³-hybridized carbons (Fsp3) is 0.500. The molecule has 1 saturated heterocycles. The fourth-order valence-electron chi connectivity index (χ4n) is 2.35. The monoisotopic (exact) mass is 310 g/mol. The summed E-state index contributed by atoms with van der Waals surface area (Å²) < 4.78 is 0. The Morgan fingerprint density at radius 1 is 1.39 bits per heavy atom. The average Bonchev–Trinajstić information content (AvgIpc) is 2.65. The third-order valence-electron chi connectivity index (χ3n) is 3.37. The Balaban J connectivity index is 2.10. The molecule has 4 heteroatoms. The SMILES string of the molecule is CN(C)C(CN1CC(Br)CC1=O)c1ccccc1. The highest BCUT2D eigenvalue weighted by Gasteiger charge is 2.30. The van der Waals surface area contributed by atoms with Crippen LogP contribution in [0.5, 0.6) is 0 Å². The minimum atomic E-state index is 0.250. The summed E-state index contributed by atoms with van der Waals surface area (Å²) in [6, 6.07) is 10.6. The number of hydrogen-bond acceptors (Lipinski definition) is 2. The second-order valence-corrected chi connectivity index (χ2v) is 6.29. The van der Waals surface area contributed by atoms with Crippen LogP contribution in [0.15, 0.2) is 30.3 Å². The summed E-state index contributed by atoms with van der Waals surface area (Å²) in [5.74, 6) is 0.250. The molecular weight excluding hydrogens is 292 g/mol. The van der Waals surface area contributed by atoms with Crippen LogP contribution in [0.25, 0.3) is 0 Å². The second kappa shape index (κ2) is 5.85. The third kappa shape index (κ3) is 3.12. The van der Waals surface area contributed by atoms with Crippen molar-refractivity contribution in [3.63, 3.8) is 0 Å². The molecule has 1 amide bonds. The van der Waals surface area contributed by atoms with Gasteiger partial charge in [-0.25, -0.2) is 0 Å². The van der Waals surface area contributed by atoms with Crippen LogP contribution < -0.4 is 0 Å². The minimum Gasteiger partial charge on any atom is -0.340 e. The van der Waals surface area contributed by atoms with Gasteiger partial charge in [-0.3, -0.25) is 4.79 Å². The lowest BCUT2D eigenvalue weighted by molar-refractivity contribution is -0.128. The van der Waals surface area contributed by atoms with Gasteiger partial charge in [-0.05, 0) is 19.7 Å². The molecule has 1 aromatic carbocycles. The highest BCUT2D eigenvalue weighted by Crippen LogP contribution is 2.24. The van der Waals surface area contributed by atoms with Crippen molar-refractivity contribution in [2.75, 3.05) is 27.2 Å². The van der Waals surface area contributed by atoms with Crippen LogP contribution >= 0.6 is 15.9 Å². The highest BCUT2D eigenvalue weighted by atomic mass is 79.9. The molecule has 3 nitrogen and oxygen atoms in total. The van der Waals surface area contributed by atoms with Gasteiger partial charge in [-0.2, -0.15) is 0 Å². The van der Waals surface area contributed by atoms with E-state index in [4.69, 9.17) is 0 Å². The zero-order chi connectivity index (χ0) is 13.1. The lowest BCUT2D eigenvalue weighted by Crippen LogP contribution is -2.35. The predicted molar refractivity (Wildman–Crippen MR) is 76.8 cm³/mol. The summed E-state index contributed by atoms with van der Waals surface area (Å²) in [6.07, 6.45) is 0.620. The first-order valence-corrected chi connectivity index (χ1v) is 7.12. The molecule has 0 saturated carbocycles. The van der Waals surface area contributed by atoms with Crippen LogP contribution in [0.1, 0.15) is 18.0 Å². The molecule has 0 radical (unpaired) electrons. The highest BCUT2D eigenvalue weighted by molar-refractivity contribution is 9.09. The van der Waals surface area contributed by atoms with E-state index in [0.717, 1.165) is 13.1 Å². The number of amides is 1. The second-order valence-electron chi connectivity index (χ2n) is 4.99. The Hall–Kier alpha value is -0.870. The molecule has 0 N–H and O–H groups in total. The normalized spacial score (nSPS) is 21.7. The van der Waals surface area contributed by atoms with E-state index in [9.17, 15) is 4.79 Å². The fourth-order valence-corrected chi connectivity index (χ4v) is 2.98. The van der Waals surface area contributed by atoms with E-state index in [2.05, 4.69) is 47.1 Å². The molecule has 1 aliphatic heterocycles. The van der Waals surface area contributed by atoms with Gasteiger partial charge in [0.1, 0.15) is 0 Å². The molecule has 1 fully saturated rings. The van der Waals surface area contributed by atoms with Crippen molar-refractivity contribution in [2.24, 2.45) is 0 Å². The van der Waals surface area contributed by atoms with Crippen molar-refractivity contribution in [3.8, 4) is 0 Å². The van der Waals surface area contributed by atoms with Crippen LogP contribution in [0.3, 0.4) is 0 Å². The average molecular weight is 311 g/mol. The van der Waals surface area contributed by atoms with Crippen LogP contribution in [0, 0.1) is 0 Å². The number of benzene rings is 1. The summed E-state index contributed by atoms with van der Waals surface area (Å²) in [4.78, 5) is 16.3. The van der Waals surface area contributed by atoms with E-state index in [1.54, 1.807) is 0 Å². The molecule has 1 aromatic rings. The number of nitrogens with zero attached hydrogens (tertiary/aromatic N) is 2. The Morgan fingerprint density at radius 3 is 2.56 bits per heavy atom. The van der Waals surface area contributed by atoms with Crippen molar-refractivity contribution in [1.82, 2.24) is 9.80 Å². The molecule has 2 rings (SSSR count). The third-order valence-corrected chi connectivity index (χ3v) is 3.98. The lowest BCUT2D eigenvalue weighted by Gasteiger charge is -2.29. The molecule has 0 aromatic heterocycles. The minimum absolute atomic E-state index is 0.250. The number of alkyl halides is 1. The van der Waals surface area contributed by atoms with E-state index in [1.807, 2.05) is 23.1 Å². The van der Waals surface area contributed by atoms with Crippen molar-refractivity contribution in [2.45, 2.75) is 17.3 Å². The molecule has 1 heterocycles. The Kier molecular flexibility index (Phi) is 4.40. The van der Waals surface area contributed by atoms with Gasteiger partial charge in [-0.1, -0.05) is 46.3 Å². The molecule has 0 bridgehead atoms. The van der Waals surface area contributed by atoms with E-state index < -0.39 is 0 Å². The molecular formula is C14H19BrN2O. The van der Waals surface area contributed by atoms with Crippen molar-refractivity contribution in [3.05, 3.63) is 35.9 Å². The number of rotatable bonds is 4. The van der Waals surface area contributed by atoms with Gasteiger partial charge in [0.15, 0.2) is 0 Å². The maximum Gasteiger partial charge on any atom is 0.223 e. The summed E-state index contributed by atoms with van der Waals surface area (Å²) in [5, 5.41) is 0. The Labute approximate surface area is 117 Å². The van der Waals surface area contributed by atoms with Crippen molar-refractivity contribution >= 4 is 21.8 Å². The van der Waals surface area contributed by atoms with Gasteiger partial charge < -0.3 is 9.80 Å². The summed E-state index contributed by atoms with van der Waals surface area (Å²) >= 11 is 3.53. The maximum atomic E-state index is 11.9. The Morgan fingerprint density at radius 2 is 2.06 bits per heavy atom. The standard InChI is InChI=1S/C14H19BrN2O/c1-16(2)13(11-6-4-3-5-7-11)10-17-9-12(15)8-14(17)18/h3-7,12-13H,8-10H2,1-2H3. The first-order chi connectivity index (χ1) is 8.58. The molecule has 2 unspecified atom stereocenters. The number of carbonyl (C=O) groups is 1. The molecule has 98 valence electrons. The van der Waals surface area contributed by atoms with Crippen LogP contribution in [0.2, 0.25) is 0 Å². The molecule has 1 aliphatic rings. The first kappa shape index (κ1) is 13.6. The van der Waals surface area contributed by atoms with Gasteiger partial charge in [0, 0.05) is 24.3 Å². The smallest absolute Gasteiger partial charge is 0.223 e. The summed E-state index contributed by atoms with van der Waals surface area (Å²) in [5.41, 5.74) is 1.26. The van der Waals surface area contributed by atoms with E-state index in [-0.39, 0.29) is 11.9 Å². The zero-order valence-electron chi connectivity index (χ0n) is 10.8. The maximum absolute atomic E-state index is 11.9. The number of likely N-dealkylation sites (N-methyl/N-ethyl adjacent to an activating group) is 1. The molecule has 18 heavy (non-hydrogen) atoms. The van der Waals surface area contributed by atoms with Crippen LogP contribution in [-0.4, -0.2) is 47.7 Å². The number of carbonyl (C=O) groups excluding carboxylic acids is 1. The summed E-state index contributed by atoms with van der Waals surface area (Å²) in [6.45, 7) is 1.58. The van der Waals surface area contributed by atoms with Crippen LogP contribution in [0.4, 0.5) is 0 Å².